The second-order valence-corrected chi connectivity index (χ2v) is 8.14. The highest BCUT2D eigenvalue weighted by Crippen LogP contribution is 2.35. The van der Waals surface area contributed by atoms with E-state index in [1.54, 1.807) is 0 Å². The molecule has 1 unspecified atom stereocenters. The van der Waals surface area contributed by atoms with E-state index >= 15 is 0 Å². The fourth-order valence-electron chi connectivity index (χ4n) is 5.07. The molecule has 0 saturated carbocycles. The maximum Gasteiger partial charge on any atom is 0.323 e. The Hall–Kier alpha value is -3.08. The number of hydrogen-bond acceptors (Lipinski definition) is 2. The Balaban J connectivity index is 1.43. The van der Waals surface area contributed by atoms with Crippen molar-refractivity contribution in [1.29, 1.82) is 0 Å². The predicted octanol–water partition coefficient (Wildman–Crippen LogP) is 3.42. The Morgan fingerprint density at radius 2 is 1.76 bits per heavy atom. The highest BCUT2D eigenvalue weighted by Gasteiger charge is 2.33. The minimum absolute atomic E-state index is 0.0304. The smallest absolute Gasteiger partial charge is 0.323 e. The first-order valence-corrected chi connectivity index (χ1v) is 10.3. The first kappa shape index (κ1) is 18.0. The Morgan fingerprint density at radius 1 is 1.00 bits per heavy atom. The summed E-state index contributed by atoms with van der Waals surface area (Å²) in [5.41, 5.74) is 5.80. The van der Waals surface area contributed by atoms with Crippen molar-refractivity contribution >= 4 is 22.8 Å². The van der Waals surface area contributed by atoms with Crippen LogP contribution in [0.1, 0.15) is 28.8 Å². The molecule has 148 valence electrons. The molecule has 1 aromatic heterocycles. The van der Waals surface area contributed by atoms with Crippen molar-refractivity contribution in [3.8, 4) is 0 Å². The number of carboxylic acids is 1. The van der Waals surface area contributed by atoms with Gasteiger partial charge in [-0.2, -0.15) is 0 Å². The van der Waals surface area contributed by atoms with Gasteiger partial charge in [0.2, 0.25) is 5.91 Å². The van der Waals surface area contributed by atoms with E-state index in [0.29, 0.717) is 13.0 Å². The number of amides is 1. The van der Waals surface area contributed by atoms with Crippen molar-refractivity contribution < 1.29 is 14.7 Å². The van der Waals surface area contributed by atoms with E-state index in [2.05, 4.69) is 24.3 Å². The number of fused-ring (bicyclic) bond motifs is 4. The van der Waals surface area contributed by atoms with Crippen molar-refractivity contribution in [3.63, 3.8) is 0 Å². The molecule has 2 aromatic carbocycles. The quantitative estimate of drug-likeness (QED) is 0.748. The molecule has 1 atom stereocenters. The summed E-state index contributed by atoms with van der Waals surface area (Å²) in [4.78, 5) is 26.7. The molecule has 2 aliphatic rings. The van der Waals surface area contributed by atoms with Crippen LogP contribution in [0.3, 0.4) is 0 Å². The molecule has 1 aliphatic heterocycles. The zero-order chi connectivity index (χ0) is 20.0. The molecule has 29 heavy (non-hydrogen) atoms. The molecule has 0 fully saturated rings. The van der Waals surface area contributed by atoms with Crippen molar-refractivity contribution in [1.82, 2.24) is 9.47 Å². The number of rotatable bonds is 3. The SMILES string of the molecule is O=C(O)Cn1c2c(c3ccccc31)CC(C(=O)N1CCc3ccccc3C1)CC2. The predicted molar refractivity (Wildman–Crippen MR) is 111 cm³/mol. The minimum atomic E-state index is -0.835. The van der Waals surface area contributed by atoms with E-state index in [1.807, 2.05) is 33.7 Å². The summed E-state index contributed by atoms with van der Waals surface area (Å²) in [7, 11) is 0. The summed E-state index contributed by atoms with van der Waals surface area (Å²) in [6.45, 7) is 1.44. The molecule has 0 radical (unpaired) electrons. The molecule has 2 heterocycles. The molecule has 1 amide bonds. The van der Waals surface area contributed by atoms with Gasteiger partial charge in [0.15, 0.2) is 0 Å². The average Bonchev–Trinajstić information content (AvgIpc) is 3.05. The van der Waals surface area contributed by atoms with Gasteiger partial charge in [0.05, 0.1) is 0 Å². The molecule has 5 heteroatoms. The van der Waals surface area contributed by atoms with Crippen LogP contribution in [0.5, 0.6) is 0 Å². The molecule has 1 aliphatic carbocycles. The lowest BCUT2D eigenvalue weighted by atomic mass is 9.85. The van der Waals surface area contributed by atoms with Crippen LogP contribution in [-0.4, -0.2) is 33.0 Å². The molecule has 3 aromatic rings. The molecular weight excluding hydrogens is 364 g/mol. The van der Waals surface area contributed by atoms with Crippen LogP contribution in [0.4, 0.5) is 0 Å². The molecular formula is C24H24N2O3. The highest BCUT2D eigenvalue weighted by atomic mass is 16.4. The monoisotopic (exact) mass is 388 g/mol. The van der Waals surface area contributed by atoms with Crippen molar-refractivity contribution in [2.24, 2.45) is 5.92 Å². The molecule has 0 saturated heterocycles. The number of aromatic nitrogens is 1. The van der Waals surface area contributed by atoms with Crippen LogP contribution in [0.2, 0.25) is 0 Å². The van der Waals surface area contributed by atoms with E-state index in [-0.39, 0.29) is 18.4 Å². The average molecular weight is 388 g/mol. The van der Waals surface area contributed by atoms with Gasteiger partial charge in [-0.25, -0.2) is 0 Å². The van der Waals surface area contributed by atoms with Crippen molar-refractivity contribution in [2.75, 3.05) is 6.54 Å². The van der Waals surface area contributed by atoms with Gasteiger partial charge in [0.1, 0.15) is 6.54 Å². The number of aliphatic carboxylic acids is 1. The summed E-state index contributed by atoms with van der Waals surface area (Å²) in [5, 5.41) is 10.4. The standard InChI is InChI=1S/C24H24N2O3/c27-23(28)15-26-21-8-4-3-7-19(21)20-13-17(9-10-22(20)26)24(29)25-12-11-16-5-1-2-6-18(16)14-25/h1-8,17H,9-15H2,(H,27,28). The van der Waals surface area contributed by atoms with Crippen LogP contribution in [0.25, 0.3) is 10.9 Å². The third-order valence-electron chi connectivity index (χ3n) is 6.46. The van der Waals surface area contributed by atoms with Gasteiger partial charge in [0, 0.05) is 35.6 Å². The molecule has 0 bridgehead atoms. The number of carboxylic acid groups (broad SMARTS) is 1. The first-order chi connectivity index (χ1) is 14.1. The molecule has 0 spiro atoms. The van der Waals surface area contributed by atoms with E-state index in [4.69, 9.17) is 0 Å². The molecule has 5 rings (SSSR count). The van der Waals surface area contributed by atoms with Crippen LogP contribution in [0.15, 0.2) is 48.5 Å². The maximum atomic E-state index is 13.3. The Morgan fingerprint density at radius 3 is 2.59 bits per heavy atom. The van der Waals surface area contributed by atoms with Crippen LogP contribution < -0.4 is 0 Å². The Bertz CT molecular complexity index is 1110. The number of carbonyl (C=O) groups excluding carboxylic acids is 1. The Labute approximate surface area is 169 Å². The zero-order valence-electron chi connectivity index (χ0n) is 16.3. The third kappa shape index (κ3) is 3.11. The lowest BCUT2D eigenvalue weighted by Gasteiger charge is -2.33. The molecule has 5 nitrogen and oxygen atoms in total. The van der Waals surface area contributed by atoms with Gasteiger partial charge in [-0.3, -0.25) is 9.59 Å². The number of benzene rings is 2. The van der Waals surface area contributed by atoms with Gasteiger partial charge in [-0.1, -0.05) is 42.5 Å². The summed E-state index contributed by atoms with van der Waals surface area (Å²) in [6.07, 6.45) is 3.13. The van der Waals surface area contributed by atoms with Crippen molar-refractivity contribution in [2.45, 2.75) is 38.8 Å². The lowest BCUT2D eigenvalue weighted by Crippen LogP contribution is -2.41. The van der Waals surface area contributed by atoms with Crippen LogP contribution in [-0.2, 0) is 41.9 Å². The van der Waals surface area contributed by atoms with E-state index in [1.165, 1.54) is 11.1 Å². The van der Waals surface area contributed by atoms with E-state index in [9.17, 15) is 14.7 Å². The zero-order valence-corrected chi connectivity index (χ0v) is 16.3. The first-order valence-electron chi connectivity index (χ1n) is 10.3. The highest BCUT2D eigenvalue weighted by molar-refractivity contribution is 5.88. The summed E-state index contributed by atoms with van der Waals surface area (Å²) < 4.78 is 1.92. The number of carbonyl (C=O) groups is 2. The van der Waals surface area contributed by atoms with Crippen LogP contribution in [0, 0.1) is 5.92 Å². The minimum Gasteiger partial charge on any atom is -0.480 e. The second-order valence-electron chi connectivity index (χ2n) is 8.14. The fraction of sp³-hybridized carbons (Fsp3) is 0.333. The lowest BCUT2D eigenvalue weighted by molar-refractivity contribution is -0.138. The summed E-state index contributed by atoms with van der Waals surface area (Å²) >= 11 is 0. The van der Waals surface area contributed by atoms with Crippen molar-refractivity contribution in [3.05, 3.63) is 70.9 Å². The van der Waals surface area contributed by atoms with E-state index < -0.39 is 5.97 Å². The largest absolute Gasteiger partial charge is 0.480 e. The number of para-hydroxylation sites is 1. The summed E-state index contributed by atoms with van der Waals surface area (Å²) in [5.74, 6) is -0.629. The van der Waals surface area contributed by atoms with Gasteiger partial charge in [0.25, 0.3) is 0 Å². The number of hydrogen-bond donors (Lipinski definition) is 1. The van der Waals surface area contributed by atoms with Crippen LogP contribution >= 0.6 is 0 Å². The van der Waals surface area contributed by atoms with Gasteiger partial charge >= 0.3 is 5.97 Å². The summed E-state index contributed by atoms with van der Waals surface area (Å²) in [6, 6.07) is 16.3. The third-order valence-corrected chi connectivity index (χ3v) is 6.46. The fourth-order valence-corrected chi connectivity index (χ4v) is 5.07. The van der Waals surface area contributed by atoms with Gasteiger partial charge in [-0.05, 0) is 48.4 Å². The number of nitrogens with zero attached hydrogens (tertiary/aromatic N) is 2. The van der Waals surface area contributed by atoms with Gasteiger partial charge < -0.3 is 14.6 Å². The molecule has 1 N–H and O–H groups in total. The van der Waals surface area contributed by atoms with E-state index in [0.717, 1.165) is 48.0 Å². The Kier molecular flexibility index (Phi) is 4.38. The maximum absolute atomic E-state index is 13.3. The topological polar surface area (TPSA) is 62.5 Å². The normalized spacial score (nSPS) is 18.3. The van der Waals surface area contributed by atoms with Gasteiger partial charge in [-0.15, -0.1) is 0 Å². The second kappa shape index (κ2) is 7.07.